The Morgan fingerprint density at radius 2 is 2.15 bits per heavy atom. The number of aromatic amines is 1. The van der Waals surface area contributed by atoms with Crippen LogP contribution in [0, 0.1) is 13.8 Å². The maximum absolute atomic E-state index is 12.5. The van der Waals surface area contributed by atoms with Gasteiger partial charge in [-0.2, -0.15) is 5.10 Å². The molecule has 3 rings (SSSR count). The summed E-state index contributed by atoms with van der Waals surface area (Å²) >= 11 is 0. The van der Waals surface area contributed by atoms with Crippen molar-refractivity contribution < 1.29 is 9.59 Å². The maximum Gasteiger partial charge on any atom is 0.269 e. The SMILES string of the molecule is Cc1ccc(-c2cc(C(=O)NC3CCCN(CC(N)=O)C3)[nH]n2)c(C)c1. The fourth-order valence-electron chi connectivity index (χ4n) is 3.48. The topological polar surface area (TPSA) is 104 Å². The molecule has 0 radical (unpaired) electrons. The van der Waals surface area contributed by atoms with Crippen LogP contribution in [0.15, 0.2) is 24.3 Å². The first-order valence-corrected chi connectivity index (χ1v) is 8.87. The fourth-order valence-corrected chi connectivity index (χ4v) is 3.48. The summed E-state index contributed by atoms with van der Waals surface area (Å²) in [6, 6.07) is 7.93. The number of nitrogens with two attached hydrogens (primary N) is 1. The standard InChI is InChI=1S/C19H25N5O2/c1-12-5-6-15(13(2)8-12)16-9-17(23-22-16)19(26)21-14-4-3-7-24(10-14)11-18(20)25/h5-6,8-9,14H,3-4,7,10-11H2,1-2H3,(H2,20,25)(H,21,26)(H,22,23). The number of aromatic nitrogens is 2. The number of rotatable bonds is 5. The molecule has 0 aliphatic carbocycles. The van der Waals surface area contributed by atoms with Crippen molar-refractivity contribution in [2.75, 3.05) is 19.6 Å². The number of hydrogen-bond acceptors (Lipinski definition) is 4. The molecule has 1 saturated heterocycles. The lowest BCUT2D eigenvalue weighted by atomic mass is 10.0. The molecular weight excluding hydrogens is 330 g/mol. The van der Waals surface area contributed by atoms with Crippen molar-refractivity contribution in [3.63, 3.8) is 0 Å². The van der Waals surface area contributed by atoms with E-state index in [4.69, 9.17) is 5.73 Å². The Bertz CT molecular complexity index is 814. The highest BCUT2D eigenvalue weighted by Gasteiger charge is 2.23. The molecule has 0 bridgehead atoms. The lowest BCUT2D eigenvalue weighted by Gasteiger charge is -2.32. The number of nitrogens with one attached hydrogen (secondary N) is 2. The third-order valence-corrected chi connectivity index (χ3v) is 4.70. The molecule has 0 saturated carbocycles. The first-order valence-electron chi connectivity index (χ1n) is 8.87. The number of amides is 2. The highest BCUT2D eigenvalue weighted by atomic mass is 16.2. The van der Waals surface area contributed by atoms with Gasteiger partial charge in [-0.05, 0) is 44.9 Å². The van der Waals surface area contributed by atoms with E-state index in [1.54, 1.807) is 6.07 Å². The number of H-pyrrole nitrogens is 1. The molecule has 1 fully saturated rings. The van der Waals surface area contributed by atoms with Crippen LogP contribution in [0.25, 0.3) is 11.3 Å². The molecule has 4 N–H and O–H groups in total. The third-order valence-electron chi connectivity index (χ3n) is 4.70. The zero-order chi connectivity index (χ0) is 18.7. The average Bonchev–Trinajstić information content (AvgIpc) is 3.04. The van der Waals surface area contributed by atoms with Gasteiger partial charge in [-0.25, -0.2) is 0 Å². The Morgan fingerprint density at radius 1 is 1.35 bits per heavy atom. The van der Waals surface area contributed by atoms with E-state index in [2.05, 4.69) is 21.6 Å². The molecule has 1 aliphatic rings. The molecule has 2 amide bonds. The molecular formula is C19H25N5O2. The minimum absolute atomic E-state index is 0.00320. The number of carbonyl (C=O) groups excluding carboxylic acids is 2. The van der Waals surface area contributed by atoms with Gasteiger partial charge in [0.1, 0.15) is 5.69 Å². The minimum atomic E-state index is -0.344. The van der Waals surface area contributed by atoms with Gasteiger partial charge in [-0.3, -0.25) is 19.6 Å². The number of nitrogens with zero attached hydrogens (tertiary/aromatic N) is 2. The van der Waals surface area contributed by atoms with Crippen molar-refractivity contribution in [2.45, 2.75) is 32.7 Å². The van der Waals surface area contributed by atoms with Crippen molar-refractivity contribution in [1.82, 2.24) is 20.4 Å². The van der Waals surface area contributed by atoms with E-state index in [-0.39, 0.29) is 24.4 Å². The van der Waals surface area contributed by atoms with E-state index < -0.39 is 0 Å². The first kappa shape index (κ1) is 18.1. The number of carbonyl (C=O) groups is 2. The summed E-state index contributed by atoms with van der Waals surface area (Å²) in [5.41, 5.74) is 9.78. The summed E-state index contributed by atoms with van der Waals surface area (Å²) in [6.45, 7) is 5.77. The van der Waals surface area contributed by atoms with E-state index in [0.717, 1.165) is 36.2 Å². The molecule has 7 nitrogen and oxygen atoms in total. The van der Waals surface area contributed by atoms with E-state index >= 15 is 0 Å². The molecule has 1 aromatic heterocycles. The second kappa shape index (κ2) is 7.70. The van der Waals surface area contributed by atoms with Crippen molar-refractivity contribution in [3.8, 4) is 11.3 Å². The predicted molar refractivity (Wildman–Crippen MR) is 99.6 cm³/mol. The van der Waals surface area contributed by atoms with Crippen LogP contribution in [-0.4, -0.2) is 52.6 Å². The van der Waals surface area contributed by atoms with Gasteiger partial charge in [-0.15, -0.1) is 0 Å². The Labute approximate surface area is 153 Å². The Hall–Kier alpha value is -2.67. The van der Waals surface area contributed by atoms with Crippen LogP contribution in [0.1, 0.15) is 34.5 Å². The highest BCUT2D eigenvalue weighted by Crippen LogP contribution is 2.23. The molecule has 1 atom stereocenters. The number of primary amides is 1. The largest absolute Gasteiger partial charge is 0.369 e. The van der Waals surface area contributed by atoms with Gasteiger partial charge in [0.05, 0.1) is 12.2 Å². The quantitative estimate of drug-likeness (QED) is 0.753. The number of likely N-dealkylation sites (tertiary alicyclic amines) is 1. The lowest BCUT2D eigenvalue weighted by molar-refractivity contribution is -0.119. The Morgan fingerprint density at radius 3 is 2.88 bits per heavy atom. The average molecular weight is 355 g/mol. The van der Waals surface area contributed by atoms with Crippen LogP contribution in [0.2, 0.25) is 0 Å². The van der Waals surface area contributed by atoms with Gasteiger partial charge >= 0.3 is 0 Å². The number of benzene rings is 1. The monoisotopic (exact) mass is 355 g/mol. The van der Waals surface area contributed by atoms with Gasteiger partial charge in [0.25, 0.3) is 5.91 Å². The lowest BCUT2D eigenvalue weighted by Crippen LogP contribution is -2.49. The smallest absolute Gasteiger partial charge is 0.269 e. The van der Waals surface area contributed by atoms with E-state index in [1.165, 1.54) is 5.56 Å². The second-order valence-corrected chi connectivity index (χ2v) is 7.00. The van der Waals surface area contributed by atoms with Crippen LogP contribution < -0.4 is 11.1 Å². The first-order chi connectivity index (χ1) is 12.4. The molecule has 7 heteroatoms. The van der Waals surface area contributed by atoms with E-state index in [0.29, 0.717) is 12.2 Å². The molecule has 1 aliphatic heterocycles. The maximum atomic E-state index is 12.5. The fraction of sp³-hybridized carbons (Fsp3) is 0.421. The Kier molecular flexibility index (Phi) is 5.37. The summed E-state index contributed by atoms with van der Waals surface area (Å²) in [6.07, 6.45) is 1.81. The zero-order valence-corrected chi connectivity index (χ0v) is 15.2. The van der Waals surface area contributed by atoms with Gasteiger partial charge in [0.2, 0.25) is 5.91 Å². The van der Waals surface area contributed by atoms with Crippen LogP contribution >= 0.6 is 0 Å². The molecule has 138 valence electrons. The predicted octanol–water partition coefficient (Wildman–Crippen LogP) is 1.37. The number of piperidine rings is 1. The second-order valence-electron chi connectivity index (χ2n) is 7.00. The third kappa shape index (κ3) is 4.29. The summed E-state index contributed by atoms with van der Waals surface area (Å²) in [7, 11) is 0. The van der Waals surface area contributed by atoms with E-state index in [1.807, 2.05) is 30.9 Å². The van der Waals surface area contributed by atoms with Crippen LogP contribution in [0.4, 0.5) is 0 Å². The summed E-state index contributed by atoms with van der Waals surface area (Å²) in [5, 5.41) is 10.1. The highest BCUT2D eigenvalue weighted by molar-refractivity contribution is 5.93. The normalized spacial score (nSPS) is 17.8. The minimum Gasteiger partial charge on any atom is -0.369 e. The molecule has 2 aromatic rings. The van der Waals surface area contributed by atoms with Gasteiger partial charge in [0.15, 0.2) is 0 Å². The van der Waals surface area contributed by atoms with Crippen molar-refractivity contribution in [3.05, 3.63) is 41.1 Å². The van der Waals surface area contributed by atoms with Crippen LogP contribution in [0.3, 0.4) is 0 Å². The van der Waals surface area contributed by atoms with Gasteiger partial charge in [-0.1, -0.05) is 23.8 Å². The Balaban J connectivity index is 1.65. The molecule has 26 heavy (non-hydrogen) atoms. The van der Waals surface area contributed by atoms with Crippen molar-refractivity contribution in [1.29, 1.82) is 0 Å². The van der Waals surface area contributed by atoms with E-state index in [9.17, 15) is 9.59 Å². The van der Waals surface area contributed by atoms with Gasteiger partial charge in [0, 0.05) is 18.2 Å². The van der Waals surface area contributed by atoms with Crippen molar-refractivity contribution in [2.24, 2.45) is 5.73 Å². The molecule has 1 unspecified atom stereocenters. The zero-order valence-electron chi connectivity index (χ0n) is 15.2. The summed E-state index contributed by atoms with van der Waals surface area (Å²) in [4.78, 5) is 25.6. The van der Waals surface area contributed by atoms with Crippen molar-refractivity contribution >= 4 is 11.8 Å². The number of hydrogen-bond donors (Lipinski definition) is 3. The molecule has 2 heterocycles. The molecule has 1 aromatic carbocycles. The summed E-state index contributed by atoms with van der Waals surface area (Å²) < 4.78 is 0. The van der Waals surface area contributed by atoms with Gasteiger partial charge < -0.3 is 11.1 Å². The number of aryl methyl sites for hydroxylation is 2. The summed E-state index contributed by atoms with van der Waals surface area (Å²) in [5.74, 6) is -0.525. The molecule has 0 spiro atoms. The van der Waals surface area contributed by atoms with Crippen LogP contribution in [-0.2, 0) is 4.79 Å². The van der Waals surface area contributed by atoms with Crippen LogP contribution in [0.5, 0.6) is 0 Å².